The molecule has 53 heavy (non-hydrogen) atoms. The summed E-state index contributed by atoms with van der Waals surface area (Å²) < 4.78 is 55.3. The van der Waals surface area contributed by atoms with Crippen LogP contribution < -0.4 is 26.7 Å². The van der Waals surface area contributed by atoms with Crippen LogP contribution in [0.5, 0.6) is 5.75 Å². The predicted molar refractivity (Wildman–Crippen MR) is 201 cm³/mol. The van der Waals surface area contributed by atoms with Crippen molar-refractivity contribution in [3.8, 4) is 28.2 Å². The molecular weight excluding hydrogens is 733 g/mol. The van der Waals surface area contributed by atoms with E-state index >= 15 is 0 Å². The van der Waals surface area contributed by atoms with E-state index < -0.39 is 30.6 Å². The van der Waals surface area contributed by atoms with E-state index in [0.717, 1.165) is 49.1 Å². The molecule has 17 heteroatoms. The molecule has 2 amide bonds. The average Bonchev–Trinajstić information content (AvgIpc) is 3.09. The van der Waals surface area contributed by atoms with Crippen molar-refractivity contribution in [3.63, 3.8) is 0 Å². The number of anilines is 1. The van der Waals surface area contributed by atoms with E-state index in [4.69, 9.17) is 21.2 Å². The van der Waals surface area contributed by atoms with Gasteiger partial charge in [0, 0.05) is 66.8 Å². The van der Waals surface area contributed by atoms with Gasteiger partial charge in [-0.15, -0.1) is 0 Å². The minimum absolute atomic E-state index is 0.0340. The van der Waals surface area contributed by atoms with Crippen LogP contribution in [0.1, 0.15) is 57.4 Å². The number of hydrogen-bond donors (Lipinski definition) is 6. The number of fused-ring (bicyclic) bond motifs is 2. The largest absolute Gasteiger partial charge is 0.505 e. The maximum Gasteiger partial charge on any atom is 0.472 e. The van der Waals surface area contributed by atoms with Crippen LogP contribution >= 0.6 is 20.0 Å². The standard InChI is InChI=1S/C36H43F2N4O9PS/c1-3-49-52(47,48)50-16-15-40-34(46)10-6-5-9-33(45)39-13-7-4-8-14-41-36(53)42-23-11-12-24(22(2)17-23)35-25-18-27(37)29(43)20-31(25)51-32-21-30(44)28(38)19-26(32)35/h11-12,17-21,43H,3-10,13-16H2,1-2H3,(H,39,45)(H,40,46)(H,47,48)(H2,41,42,53). The number of aromatic hydroxyl groups is 1. The zero-order chi connectivity index (χ0) is 38.5. The summed E-state index contributed by atoms with van der Waals surface area (Å²) in [5, 5.41) is 22.4. The van der Waals surface area contributed by atoms with Crippen molar-refractivity contribution < 1.29 is 46.4 Å². The minimum Gasteiger partial charge on any atom is -0.505 e. The molecule has 0 radical (unpaired) electrons. The molecule has 0 saturated carbocycles. The molecule has 0 bridgehead atoms. The maximum atomic E-state index is 14.5. The number of phenolic OH excluding ortho intramolecular Hbond substituents is 1. The Morgan fingerprint density at radius 2 is 1.55 bits per heavy atom. The molecule has 2 aromatic carbocycles. The Morgan fingerprint density at radius 1 is 0.868 bits per heavy atom. The van der Waals surface area contributed by atoms with Crippen molar-refractivity contribution in [2.75, 3.05) is 38.2 Å². The number of aryl methyl sites for hydroxylation is 1. The first-order chi connectivity index (χ1) is 25.3. The fourth-order valence-corrected chi connectivity index (χ4v) is 6.49. The van der Waals surface area contributed by atoms with Crippen molar-refractivity contribution in [3.05, 3.63) is 69.9 Å². The number of rotatable bonds is 19. The van der Waals surface area contributed by atoms with Crippen LogP contribution in [0, 0.1) is 18.6 Å². The Kier molecular flexibility index (Phi) is 15.2. The second kappa shape index (κ2) is 19.6. The van der Waals surface area contributed by atoms with Crippen molar-refractivity contribution >= 4 is 53.6 Å². The number of thiocarbonyl (C=S) groups is 1. The Labute approximate surface area is 310 Å². The second-order valence-corrected chi connectivity index (χ2v) is 14.0. The fraction of sp³-hybridized carbons (Fsp3) is 0.389. The second-order valence-electron chi connectivity index (χ2n) is 12.2. The van der Waals surface area contributed by atoms with Gasteiger partial charge in [0.15, 0.2) is 22.5 Å². The van der Waals surface area contributed by atoms with Crippen LogP contribution in [0.3, 0.4) is 0 Å². The molecule has 1 heterocycles. The van der Waals surface area contributed by atoms with Crippen LogP contribution in [-0.4, -0.2) is 59.8 Å². The van der Waals surface area contributed by atoms with Gasteiger partial charge in [-0.25, -0.2) is 13.3 Å². The molecule has 286 valence electrons. The molecule has 1 aliphatic carbocycles. The highest BCUT2D eigenvalue weighted by molar-refractivity contribution is 7.80. The highest BCUT2D eigenvalue weighted by atomic mass is 32.1. The van der Waals surface area contributed by atoms with Gasteiger partial charge in [-0.3, -0.25) is 23.4 Å². The molecule has 6 N–H and O–H groups in total. The lowest BCUT2D eigenvalue weighted by Gasteiger charge is -2.18. The third kappa shape index (κ3) is 12.3. The van der Waals surface area contributed by atoms with E-state index in [0.29, 0.717) is 59.7 Å². The van der Waals surface area contributed by atoms with E-state index in [1.807, 2.05) is 13.0 Å². The van der Waals surface area contributed by atoms with Gasteiger partial charge in [-0.2, -0.15) is 0 Å². The number of carbonyl (C=O) groups excluding carboxylic acids is 2. The van der Waals surface area contributed by atoms with Gasteiger partial charge in [-0.05, 0) is 93.6 Å². The summed E-state index contributed by atoms with van der Waals surface area (Å²) in [5.41, 5.74) is 2.07. The number of benzene rings is 3. The summed E-state index contributed by atoms with van der Waals surface area (Å²) in [7, 11) is -4.08. The molecule has 2 aliphatic rings. The molecule has 13 nitrogen and oxygen atoms in total. The highest BCUT2D eigenvalue weighted by Gasteiger charge is 2.22. The number of halogens is 2. The molecular formula is C36H43F2N4O9PS. The number of phenols is 1. The Hall–Kier alpha value is -4.47. The highest BCUT2D eigenvalue weighted by Crippen LogP contribution is 2.43. The van der Waals surface area contributed by atoms with Gasteiger partial charge in [0.05, 0.1) is 13.2 Å². The van der Waals surface area contributed by atoms with Crippen LogP contribution in [0.2, 0.25) is 0 Å². The van der Waals surface area contributed by atoms with E-state index in [1.54, 1.807) is 19.1 Å². The molecule has 2 aromatic rings. The van der Waals surface area contributed by atoms with Crippen molar-refractivity contribution in [2.24, 2.45) is 0 Å². The average molecular weight is 777 g/mol. The molecule has 0 aromatic heterocycles. The molecule has 0 saturated heterocycles. The Balaban J connectivity index is 1.15. The summed E-state index contributed by atoms with van der Waals surface area (Å²) in [6, 6.07) is 9.71. The minimum atomic E-state index is -4.08. The maximum absolute atomic E-state index is 14.5. The van der Waals surface area contributed by atoms with Gasteiger partial charge in [-0.1, -0.05) is 6.07 Å². The van der Waals surface area contributed by atoms with E-state index in [-0.39, 0.29) is 54.9 Å². The normalized spacial score (nSPS) is 12.4. The van der Waals surface area contributed by atoms with E-state index in [9.17, 15) is 37.7 Å². The van der Waals surface area contributed by atoms with Gasteiger partial charge in [0.25, 0.3) is 0 Å². The SMILES string of the molecule is CCOP(=O)(O)OCCNC(=O)CCCCC(=O)NCCCCCNC(=S)Nc1ccc(-c2c3cc(F)c(=O)cc-3oc3cc(O)c(F)cc23)c(C)c1. The molecule has 0 fully saturated rings. The first-order valence-corrected chi connectivity index (χ1v) is 19.1. The fourth-order valence-electron chi connectivity index (χ4n) is 5.54. The molecule has 1 aliphatic heterocycles. The number of nitrogens with one attached hydrogen (secondary N) is 4. The lowest BCUT2D eigenvalue weighted by Crippen LogP contribution is -2.29. The zero-order valence-corrected chi connectivity index (χ0v) is 31.1. The third-order valence-electron chi connectivity index (χ3n) is 8.09. The lowest BCUT2D eigenvalue weighted by molar-refractivity contribution is -0.123. The van der Waals surface area contributed by atoms with Crippen LogP contribution in [0.25, 0.3) is 33.4 Å². The predicted octanol–water partition coefficient (Wildman–Crippen LogP) is 6.26. The van der Waals surface area contributed by atoms with Crippen LogP contribution in [0.4, 0.5) is 14.5 Å². The zero-order valence-electron chi connectivity index (χ0n) is 29.4. The van der Waals surface area contributed by atoms with Crippen molar-refractivity contribution in [1.29, 1.82) is 0 Å². The van der Waals surface area contributed by atoms with Gasteiger partial charge in [0.2, 0.25) is 17.2 Å². The monoisotopic (exact) mass is 776 g/mol. The van der Waals surface area contributed by atoms with Crippen LogP contribution in [0.15, 0.2) is 51.7 Å². The summed E-state index contributed by atoms with van der Waals surface area (Å²) >= 11 is 5.45. The van der Waals surface area contributed by atoms with E-state index in [2.05, 4.69) is 25.8 Å². The summed E-state index contributed by atoms with van der Waals surface area (Å²) in [4.78, 5) is 45.3. The number of phosphoric acid groups is 1. The molecule has 0 spiro atoms. The summed E-state index contributed by atoms with van der Waals surface area (Å²) in [6.07, 6.45) is 4.05. The smallest absolute Gasteiger partial charge is 0.472 e. The van der Waals surface area contributed by atoms with Gasteiger partial charge in [0.1, 0.15) is 11.3 Å². The molecule has 4 rings (SSSR count). The first kappa shape index (κ1) is 41.3. The van der Waals surface area contributed by atoms with Gasteiger partial charge < -0.3 is 35.7 Å². The quantitative estimate of drug-likeness (QED) is 0.0272. The Bertz CT molecular complexity index is 2010. The number of carbonyl (C=O) groups is 2. The van der Waals surface area contributed by atoms with Crippen molar-refractivity contribution in [2.45, 2.75) is 58.8 Å². The Morgan fingerprint density at radius 3 is 2.23 bits per heavy atom. The van der Waals surface area contributed by atoms with Crippen molar-refractivity contribution in [1.82, 2.24) is 16.0 Å². The summed E-state index contributed by atoms with van der Waals surface area (Å²) in [6.45, 7) is 4.48. The molecule has 1 unspecified atom stereocenters. The first-order valence-electron chi connectivity index (χ1n) is 17.2. The lowest BCUT2D eigenvalue weighted by atomic mass is 9.91. The van der Waals surface area contributed by atoms with E-state index in [1.165, 1.54) is 0 Å². The summed E-state index contributed by atoms with van der Waals surface area (Å²) in [5.74, 6) is -2.69. The van der Waals surface area contributed by atoms with Crippen LogP contribution in [-0.2, 0) is 23.2 Å². The number of hydrogen-bond acceptors (Lipinski definition) is 9. The topological polar surface area (TPSA) is 188 Å². The molecule has 1 atom stereocenters. The number of phosphoric ester groups is 1. The number of amides is 2. The van der Waals surface area contributed by atoms with Gasteiger partial charge >= 0.3 is 7.82 Å². The third-order valence-corrected chi connectivity index (χ3v) is 9.42. The number of unbranched alkanes of at least 4 members (excludes halogenated alkanes) is 3.